The number of amides is 1. The van der Waals surface area contributed by atoms with Crippen molar-refractivity contribution < 1.29 is 23.2 Å². The van der Waals surface area contributed by atoms with Gasteiger partial charge in [-0.15, -0.1) is 0 Å². The zero-order valence-corrected chi connectivity index (χ0v) is 8.32. The minimum Gasteiger partial charge on any atom is -0.409 e. The van der Waals surface area contributed by atoms with E-state index in [0.717, 1.165) is 18.2 Å². The van der Waals surface area contributed by atoms with Crippen LogP contribution in [0.4, 0.5) is 18.9 Å². The second-order valence-electron chi connectivity index (χ2n) is 3.02. The molecule has 0 aromatic heterocycles. The first-order valence-corrected chi connectivity index (χ1v) is 4.30. The molecule has 0 saturated heterocycles. The van der Waals surface area contributed by atoms with Gasteiger partial charge in [0.1, 0.15) is 0 Å². The largest absolute Gasteiger partial charge is 0.416 e. The fourth-order valence-corrected chi connectivity index (χ4v) is 1.01. The predicted octanol–water partition coefficient (Wildman–Crippen LogP) is 1.39. The van der Waals surface area contributed by atoms with Gasteiger partial charge in [-0.05, 0) is 18.2 Å². The number of amidine groups is 1. The number of carbonyl (C=O) groups is 1. The van der Waals surface area contributed by atoms with Gasteiger partial charge in [0.15, 0.2) is 0 Å². The van der Waals surface area contributed by atoms with Crippen LogP contribution in [-0.2, 0) is 11.0 Å². The highest BCUT2D eigenvalue weighted by atomic mass is 19.4. The molecule has 0 radical (unpaired) electrons. The molecule has 1 aromatic carbocycles. The number of nitrogens with one attached hydrogen (secondary N) is 1. The number of carbonyl (C=O) groups excluding carboxylic acids is 1. The third-order valence-electron chi connectivity index (χ3n) is 1.79. The quantitative estimate of drug-likeness (QED) is 0.303. The predicted molar refractivity (Wildman–Crippen MR) is 53.5 cm³/mol. The molecule has 5 nitrogen and oxygen atoms in total. The Labute approximate surface area is 93.7 Å². The lowest BCUT2D eigenvalue weighted by atomic mass is 10.2. The van der Waals surface area contributed by atoms with Crippen LogP contribution < -0.4 is 11.1 Å². The number of oxime groups is 1. The molecule has 8 heteroatoms. The molecule has 0 fully saturated rings. The van der Waals surface area contributed by atoms with E-state index in [2.05, 4.69) is 10.5 Å². The maximum atomic E-state index is 12.3. The Morgan fingerprint density at radius 1 is 1.41 bits per heavy atom. The Morgan fingerprint density at radius 3 is 2.59 bits per heavy atom. The summed E-state index contributed by atoms with van der Waals surface area (Å²) < 4.78 is 37.0. The molecule has 1 aromatic rings. The third kappa shape index (κ3) is 3.37. The molecule has 0 aliphatic rings. The zero-order valence-electron chi connectivity index (χ0n) is 8.32. The van der Waals surface area contributed by atoms with Gasteiger partial charge in [0.25, 0.3) is 5.91 Å². The van der Waals surface area contributed by atoms with Crippen molar-refractivity contribution in [1.82, 2.24) is 0 Å². The molecule has 4 N–H and O–H groups in total. The summed E-state index contributed by atoms with van der Waals surface area (Å²) in [6, 6.07) is 3.98. The van der Waals surface area contributed by atoms with Crippen molar-refractivity contribution in [3.63, 3.8) is 0 Å². The molecule has 0 spiro atoms. The number of benzene rings is 1. The molecular weight excluding hydrogens is 239 g/mol. The average Bonchev–Trinajstić information content (AvgIpc) is 2.27. The van der Waals surface area contributed by atoms with Crippen molar-refractivity contribution >= 4 is 17.4 Å². The molecule has 0 saturated carbocycles. The average molecular weight is 247 g/mol. The third-order valence-corrected chi connectivity index (χ3v) is 1.79. The number of halogens is 3. The van der Waals surface area contributed by atoms with Crippen molar-refractivity contribution in [3.05, 3.63) is 29.8 Å². The van der Waals surface area contributed by atoms with E-state index in [9.17, 15) is 18.0 Å². The molecule has 0 atom stereocenters. The van der Waals surface area contributed by atoms with Gasteiger partial charge in [-0.1, -0.05) is 11.2 Å². The lowest BCUT2D eigenvalue weighted by Crippen LogP contribution is -2.30. The molecular formula is C9H8F3N3O2. The molecule has 1 amide bonds. The van der Waals surface area contributed by atoms with Gasteiger partial charge in [0, 0.05) is 5.69 Å². The van der Waals surface area contributed by atoms with Crippen LogP contribution in [0.3, 0.4) is 0 Å². The summed E-state index contributed by atoms with van der Waals surface area (Å²) in [7, 11) is 0. The van der Waals surface area contributed by atoms with E-state index in [1.807, 2.05) is 0 Å². The first kappa shape index (κ1) is 12.8. The molecule has 0 aliphatic carbocycles. The Kier molecular flexibility index (Phi) is 3.56. The Morgan fingerprint density at radius 2 is 2.06 bits per heavy atom. The smallest absolute Gasteiger partial charge is 0.409 e. The Bertz CT molecular complexity index is 457. The summed E-state index contributed by atoms with van der Waals surface area (Å²) in [5.74, 6) is -1.74. The maximum absolute atomic E-state index is 12.3. The van der Waals surface area contributed by atoms with Crippen LogP contribution in [0.1, 0.15) is 5.56 Å². The van der Waals surface area contributed by atoms with Crippen molar-refractivity contribution in [3.8, 4) is 0 Å². The molecule has 0 heterocycles. The van der Waals surface area contributed by atoms with Gasteiger partial charge in [-0.2, -0.15) is 13.2 Å². The monoisotopic (exact) mass is 247 g/mol. The fraction of sp³-hybridized carbons (Fsp3) is 0.111. The van der Waals surface area contributed by atoms with Crippen molar-refractivity contribution in [2.75, 3.05) is 5.32 Å². The lowest BCUT2D eigenvalue weighted by Gasteiger charge is -2.09. The first-order valence-electron chi connectivity index (χ1n) is 4.30. The van der Waals surface area contributed by atoms with E-state index in [4.69, 9.17) is 10.9 Å². The Balaban J connectivity index is 2.91. The van der Waals surface area contributed by atoms with E-state index in [1.54, 1.807) is 0 Å². The fourth-order valence-electron chi connectivity index (χ4n) is 1.01. The van der Waals surface area contributed by atoms with Crippen molar-refractivity contribution in [2.45, 2.75) is 6.18 Å². The SMILES string of the molecule is N/C(=N/O)C(=O)Nc1cccc(C(F)(F)F)c1. The summed E-state index contributed by atoms with van der Waals surface area (Å²) in [6.07, 6.45) is -4.50. The van der Waals surface area contributed by atoms with Gasteiger partial charge in [0.2, 0.25) is 5.84 Å². The number of anilines is 1. The standard InChI is InChI=1S/C9H8F3N3O2/c10-9(11,12)5-2-1-3-6(4-5)14-8(16)7(13)15-17/h1-4,17H,(H2,13,15)(H,14,16). The number of alkyl halides is 3. The van der Waals surface area contributed by atoms with Crippen LogP contribution in [0.15, 0.2) is 29.4 Å². The summed E-state index contributed by atoms with van der Waals surface area (Å²) in [4.78, 5) is 11.1. The molecule has 0 aliphatic heterocycles. The van der Waals surface area contributed by atoms with E-state index < -0.39 is 23.5 Å². The van der Waals surface area contributed by atoms with Gasteiger partial charge in [-0.25, -0.2) is 0 Å². The first-order chi connectivity index (χ1) is 7.84. The minimum absolute atomic E-state index is 0.101. The van der Waals surface area contributed by atoms with Crippen LogP contribution in [0.2, 0.25) is 0 Å². The number of hydrogen-bond acceptors (Lipinski definition) is 3. The molecule has 0 unspecified atom stereocenters. The van der Waals surface area contributed by atoms with Gasteiger partial charge in [0.05, 0.1) is 5.56 Å². The summed E-state index contributed by atoms with van der Waals surface area (Å²) >= 11 is 0. The van der Waals surface area contributed by atoms with Gasteiger partial charge >= 0.3 is 6.18 Å². The van der Waals surface area contributed by atoms with Crippen molar-refractivity contribution in [2.24, 2.45) is 10.9 Å². The van der Waals surface area contributed by atoms with Crippen LogP contribution >= 0.6 is 0 Å². The summed E-state index contributed by atoms with van der Waals surface area (Å²) in [5, 5.41) is 12.7. The number of rotatable bonds is 1. The van der Waals surface area contributed by atoms with E-state index in [1.165, 1.54) is 6.07 Å². The highest BCUT2D eigenvalue weighted by Crippen LogP contribution is 2.30. The van der Waals surface area contributed by atoms with Crippen LogP contribution in [0, 0.1) is 0 Å². The second kappa shape index (κ2) is 4.73. The maximum Gasteiger partial charge on any atom is 0.416 e. The van der Waals surface area contributed by atoms with E-state index in [0.29, 0.717) is 0 Å². The molecule has 0 bridgehead atoms. The van der Waals surface area contributed by atoms with E-state index >= 15 is 0 Å². The Hall–Kier alpha value is -2.25. The normalized spacial score (nSPS) is 12.3. The molecule has 92 valence electrons. The number of hydrogen-bond donors (Lipinski definition) is 3. The second-order valence-corrected chi connectivity index (χ2v) is 3.02. The summed E-state index contributed by atoms with van der Waals surface area (Å²) in [5.41, 5.74) is 3.95. The number of nitrogens with zero attached hydrogens (tertiary/aromatic N) is 1. The highest BCUT2D eigenvalue weighted by Gasteiger charge is 2.30. The van der Waals surface area contributed by atoms with Crippen molar-refractivity contribution in [1.29, 1.82) is 0 Å². The van der Waals surface area contributed by atoms with Crippen LogP contribution in [-0.4, -0.2) is 17.0 Å². The van der Waals surface area contributed by atoms with Gasteiger partial charge < -0.3 is 16.3 Å². The molecule has 1 rings (SSSR count). The van der Waals surface area contributed by atoms with Crippen LogP contribution in [0.5, 0.6) is 0 Å². The zero-order chi connectivity index (χ0) is 13.1. The van der Waals surface area contributed by atoms with Crippen LogP contribution in [0.25, 0.3) is 0 Å². The van der Waals surface area contributed by atoms with Gasteiger partial charge in [-0.3, -0.25) is 4.79 Å². The number of nitrogens with two attached hydrogens (primary N) is 1. The minimum atomic E-state index is -4.50. The highest BCUT2D eigenvalue weighted by molar-refractivity contribution is 6.41. The van der Waals surface area contributed by atoms with E-state index in [-0.39, 0.29) is 5.69 Å². The summed E-state index contributed by atoms with van der Waals surface area (Å²) in [6.45, 7) is 0. The lowest BCUT2D eigenvalue weighted by molar-refractivity contribution is -0.137. The molecule has 17 heavy (non-hydrogen) atoms. The topological polar surface area (TPSA) is 87.7 Å².